The molecule has 3 rings (SSSR count). The van der Waals surface area contributed by atoms with E-state index in [0.29, 0.717) is 13.2 Å². The Balaban J connectivity index is 1.99. The van der Waals surface area contributed by atoms with Gasteiger partial charge < -0.3 is 10.5 Å². The van der Waals surface area contributed by atoms with Gasteiger partial charge in [-0.15, -0.1) is 0 Å². The smallest absolute Gasteiger partial charge is 0.173 e. The van der Waals surface area contributed by atoms with E-state index in [9.17, 15) is 4.79 Å². The van der Waals surface area contributed by atoms with Crippen LogP contribution in [0.3, 0.4) is 0 Å². The van der Waals surface area contributed by atoms with Gasteiger partial charge in [0, 0.05) is 18.4 Å². The summed E-state index contributed by atoms with van der Waals surface area (Å²) in [5, 5.41) is 0. The van der Waals surface area contributed by atoms with Crippen LogP contribution in [0.1, 0.15) is 35.2 Å². The van der Waals surface area contributed by atoms with E-state index in [1.54, 1.807) is 0 Å². The third kappa shape index (κ3) is 1.49. The lowest BCUT2D eigenvalue weighted by atomic mass is 9.64. The molecule has 1 fully saturated rings. The van der Waals surface area contributed by atoms with Crippen molar-refractivity contribution in [1.29, 1.82) is 0 Å². The van der Waals surface area contributed by atoms with E-state index in [1.165, 1.54) is 0 Å². The molecule has 17 heavy (non-hydrogen) atoms. The monoisotopic (exact) mass is 231 g/mol. The summed E-state index contributed by atoms with van der Waals surface area (Å²) in [5.74, 6) is 0.988. The molecule has 2 N–H and O–H groups in total. The number of ketones is 1. The van der Waals surface area contributed by atoms with Crippen molar-refractivity contribution in [1.82, 2.24) is 0 Å². The quantitative estimate of drug-likeness (QED) is 0.809. The van der Waals surface area contributed by atoms with E-state index >= 15 is 0 Å². The summed E-state index contributed by atoms with van der Waals surface area (Å²) in [5.41, 5.74) is 7.38. The predicted octanol–water partition coefficient (Wildman–Crippen LogP) is 1.93. The predicted molar refractivity (Wildman–Crippen MR) is 65.3 cm³/mol. The van der Waals surface area contributed by atoms with Crippen molar-refractivity contribution >= 4 is 5.78 Å². The second-order valence-corrected chi connectivity index (χ2v) is 5.06. The van der Waals surface area contributed by atoms with Crippen molar-refractivity contribution in [2.45, 2.75) is 25.7 Å². The first kappa shape index (κ1) is 10.8. The zero-order valence-corrected chi connectivity index (χ0v) is 9.87. The van der Waals surface area contributed by atoms with Crippen LogP contribution in [0.4, 0.5) is 0 Å². The number of fused-ring (bicyclic) bond motifs is 1. The molecule has 3 nitrogen and oxygen atoms in total. The Kier molecular flexibility index (Phi) is 2.44. The fraction of sp³-hybridized carbons (Fsp3) is 0.500. The van der Waals surface area contributed by atoms with Gasteiger partial charge in [0.25, 0.3) is 0 Å². The van der Waals surface area contributed by atoms with E-state index in [4.69, 9.17) is 10.5 Å². The average Bonchev–Trinajstić information content (AvgIpc) is 2.75. The molecule has 0 radical (unpaired) electrons. The topological polar surface area (TPSA) is 52.3 Å². The molecular weight excluding hydrogens is 214 g/mol. The molecule has 1 aromatic carbocycles. The maximum absolute atomic E-state index is 12.6. The fourth-order valence-corrected chi connectivity index (χ4v) is 2.81. The van der Waals surface area contributed by atoms with Crippen molar-refractivity contribution in [3.63, 3.8) is 0 Å². The number of para-hydroxylation sites is 1. The Bertz CT molecular complexity index is 458. The maximum atomic E-state index is 12.6. The third-order valence-electron chi connectivity index (χ3n) is 4.14. The lowest BCUT2D eigenvalue weighted by molar-refractivity contribution is 0.0632. The van der Waals surface area contributed by atoms with E-state index < -0.39 is 0 Å². The summed E-state index contributed by atoms with van der Waals surface area (Å²) in [6, 6.07) is 5.86. The number of ether oxygens (including phenoxy) is 1. The van der Waals surface area contributed by atoms with Crippen LogP contribution in [0.2, 0.25) is 0 Å². The maximum Gasteiger partial charge on any atom is 0.173 e. The molecule has 1 aromatic rings. The highest BCUT2D eigenvalue weighted by atomic mass is 16.5. The molecule has 1 heterocycles. The van der Waals surface area contributed by atoms with Crippen LogP contribution in [0, 0.1) is 5.41 Å². The minimum absolute atomic E-state index is 0.185. The minimum Gasteiger partial charge on any atom is -0.492 e. The third-order valence-corrected chi connectivity index (χ3v) is 4.14. The van der Waals surface area contributed by atoms with E-state index in [0.717, 1.165) is 42.6 Å². The molecule has 2 aliphatic rings. The van der Waals surface area contributed by atoms with Crippen LogP contribution < -0.4 is 10.5 Å². The van der Waals surface area contributed by atoms with E-state index in [-0.39, 0.29) is 11.2 Å². The minimum atomic E-state index is -0.304. The Hall–Kier alpha value is -1.35. The van der Waals surface area contributed by atoms with Gasteiger partial charge in [-0.1, -0.05) is 18.6 Å². The standard InChI is InChI=1S/C14H17NO2/c15-9-14(6-2-7-14)13(16)11-4-1-3-10-5-8-17-12(10)11/h1,3-4H,2,5-9,15H2. The van der Waals surface area contributed by atoms with Crippen LogP contribution in [0.25, 0.3) is 0 Å². The number of rotatable bonds is 3. The molecule has 0 unspecified atom stereocenters. The summed E-state index contributed by atoms with van der Waals surface area (Å²) >= 11 is 0. The molecule has 90 valence electrons. The van der Waals surface area contributed by atoms with Crippen LogP contribution in [-0.4, -0.2) is 18.9 Å². The molecule has 0 saturated heterocycles. The molecule has 3 heteroatoms. The highest BCUT2D eigenvalue weighted by Crippen LogP contribution is 2.45. The summed E-state index contributed by atoms with van der Waals surface area (Å²) in [6.07, 6.45) is 3.86. The lowest BCUT2D eigenvalue weighted by Gasteiger charge is -2.39. The van der Waals surface area contributed by atoms with E-state index in [1.807, 2.05) is 18.2 Å². The molecular formula is C14H17NO2. The number of nitrogens with two attached hydrogens (primary N) is 1. The summed E-state index contributed by atoms with van der Waals surface area (Å²) in [6.45, 7) is 1.14. The Morgan fingerprint density at radius 3 is 2.88 bits per heavy atom. The molecule has 1 aliphatic heterocycles. The number of hydrogen-bond donors (Lipinski definition) is 1. The Morgan fingerprint density at radius 1 is 1.41 bits per heavy atom. The number of carbonyl (C=O) groups is 1. The second kappa shape index (κ2) is 3.84. The van der Waals surface area contributed by atoms with Gasteiger partial charge in [0.05, 0.1) is 12.2 Å². The van der Waals surface area contributed by atoms with Gasteiger partial charge in [-0.2, -0.15) is 0 Å². The van der Waals surface area contributed by atoms with Crippen molar-refractivity contribution < 1.29 is 9.53 Å². The van der Waals surface area contributed by atoms with Gasteiger partial charge in [0.2, 0.25) is 0 Å². The first-order chi connectivity index (χ1) is 8.27. The first-order valence-electron chi connectivity index (χ1n) is 6.26. The lowest BCUT2D eigenvalue weighted by Crippen LogP contribution is -2.44. The number of carbonyl (C=O) groups excluding carboxylic acids is 1. The molecule has 0 amide bonds. The van der Waals surface area contributed by atoms with Crippen molar-refractivity contribution in [2.24, 2.45) is 11.1 Å². The molecule has 0 bridgehead atoms. The van der Waals surface area contributed by atoms with Gasteiger partial charge >= 0.3 is 0 Å². The van der Waals surface area contributed by atoms with E-state index in [2.05, 4.69) is 0 Å². The summed E-state index contributed by atoms with van der Waals surface area (Å²) < 4.78 is 5.60. The SMILES string of the molecule is NCC1(C(=O)c2cccc3c2OCC3)CCC1. The molecule has 1 aliphatic carbocycles. The van der Waals surface area contributed by atoms with Crippen LogP contribution in [0.15, 0.2) is 18.2 Å². The highest BCUT2D eigenvalue weighted by Gasteiger charge is 2.44. The summed E-state index contributed by atoms with van der Waals surface area (Å²) in [4.78, 5) is 12.6. The molecule has 0 spiro atoms. The second-order valence-electron chi connectivity index (χ2n) is 5.06. The number of Topliss-reactive ketones (excluding diaryl/α,β-unsaturated/α-hetero) is 1. The Morgan fingerprint density at radius 2 is 2.24 bits per heavy atom. The van der Waals surface area contributed by atoms with Crippen molar-refractivity contribution in [3.8, 4) is 5.75 Å². The van der Waals surface area contributed by atoms with Crippen LogP contribution in [-0.2, 0) is 6.42 Å². The first-order valence-corrected chi connectivity index (χ1v) is 6.26. The van der Waals surface area contributed by atoms with Gasteiger partial charge in [-0.25, -0.2) is 0 Å². The largest absolute Gasteiger partial charge is 0.492 e. The van der Waals surface area contributed by atoms with Gasteiger partial charge in [-0.05, 0) is 24.5 Å². The zero-order valence-electron chi connectivity index (χ0n) is 9.87. The molecule has 0 atom stereocenters. The van der Waals surface area contributed by atoms with Crippen molar-refractivity contribution in [3.05, 3.63) is 29.3 Å². The highest BCUT2D eigenvalue weighted by molar-refractivity contribution is 6.03. The van der Waals surface area contributed by atoms with Crippen molar-refractivity contribution in [2.75, 3.05) is 13.2 Å². The van der Waals surface area contributed by atoms with Gasteiger partial charge in [0.15, 0.2) is 5.78 Å². The van der Waals surface area contributed by atoms with Crippen LogP contribution >= 0.6 is 0 Å². The van der Waals surface area contributed by atoms with Gasteiger partial charge in [0.1, 0.15) is 5.75 Å². The fourth-order valence-electron chi connectivity index (χ4n) is 2.81. The zero-order chi connectivity index (χ0) is 11.9. The number of hydrogen-bond acceptors (Lipinski definition) is 3. The summed E-state index contributed by atoms with van der Waals surface area (Å²) in [7, 11) is 0. The van der Waals surface area contributed by atoms with Crippen LogP contribution in [0.5, 0.6) is 5.75 Å². The normalized spacial score (nSPS) is 20.3. The van der Waals surface area contributed by atoms with Gasteiger partial charge in [-0.3, -0.25) is 4.79 Å². The number of benzene rings is 1. The Labute approximate surface area is 101 Å². The molecule has 1 saturated carbocycles. The molecule has 0 aromatic heterocycles. The average molecular weight is 231 g/mol.